The van der Waals surface area contributed by atoms with Crippen LogP contribution in [0.2, 0.25) is 0 Å². The van der Waals surface area contributed by atoms with Crippen molar-refractivity contribution in [2.75, 3.05) is 13.1 Å². The molecule has 1 fully saturated rings. The number of amides is 1. The first-order chi connectivity index (χ1) is 10.6. The van der Waals surface area contributed by atoms with Gasteiger partial charge >= 0.3 is 0 Å². The number of likely N-dealkylation sites (tertiary alicyclic amines) is 1. The standard InChI is InChI=1S/C17H22N2O2S/c1-12(20)13-5-4-10-19(11-13)17(21)9-8-16-18-14-6-2-3-7-15(14)22-16/h2-3,6-7,12-13,20H,4-5,8-11H2,1H3. The molecule has 2 aromatic rings. The lowest BCUT2D eigenvalue weighted by molar-refractivity contribution is -0.133. The number of hydrogen-bond donors (Lipinski definition) is 1. The maximum Gasteiger partial charge on any atom is 0.222 e. The quantitative estimate of drug-likeness (QED) is 0.943. The Morgan fingerprint density at radius 3 is 3.09 bits per heavy atom. The Bertz CT molecular complexity index is 620. The molecule has 1 aromatic heterocycles. The van der Waals surface area contributed by atoms with Crippen molar-refractivity contribution in [3.8, 4) is 0 Å². The van der Waals surface area contributed by atoms with E-state index in [1.54, 1.807) is 11.3 Å². The minimum Gasteiger partial charge on any atom is -0.393 e. The van der Waals surface area contributed by atoms with Crippen LogP contribution in [0.15, 0.2) is 24.3 Å². The van der Waals surface area contributed by atoms with Gasteiger partial charge in [-0.3, -0.25) is 4.79 Å². The zero-order chi connectivity index (χ0) is 15.5. The fourth-order valence-corrected chi connectivity index (χ4v) is 4.00. The molecule has 118 valence electrons. The molecular weight excluding hydrogens is 296 g/mol. The number of benzene rings is 1. The Balaban J connectivity index is 1.57. The number of carbonyl (C=O) groups is 1. The summed E-state index contributed by atoms with van der Waals surface area (Å²) in [5.41, 5.74) is 1.02. The number of carbonyl (C=O) groups excluding carboxylic acids is 1. The van der Waals surface area contributed by atoms with E-state index in [9.17, 15) is 9.90 Å². The number of hydrogen-bond acceptors (Lipinski definition) is 4. The van der Waals surface area contributed by atoms with E-state index in [2.05, 4.69) is 11.1 Å². The summed E-state index contributed by atoms with van der Waals surface area (Å²) in [5, 5.41) is 10.7. The van der Waals surface area contributed by atoms with Crippen molar-refractivity contribution < 1.29 is 9.90 Å². The van der Waals surface area contributed by atoms with E-state index in [1.165, 1.54) is 4.70 Å². The molecule has 1 saturated heterocycles. The fraction of sp³-hybridized carbons (Fsp3) is 0.529. The number of aliphatic hydroxyl groups excluding tert-OH is 1. The fourth-order valence-electron chi connectivity index (χ4n) is 3.03. The first-order valence-electron chi connectivity index (χ1n) is 7.94. The normalized spacial score (nSPS) is 20.3. The number of fused-ring (bicyclic) bond motifs is 1. The van der Waals surface area contributed by atoms with Gasteiger partial charge in [0.2, 0.25) is 5.91 Å². The number of aliphatic hydroxyl groups is 1. The van der Waals surface area contributed by atoms with Gasteiger partial charge in [0.05, 0.1) is 21.3 Å². The van der Waals surface area contributed by atoms with Gasteiger partial charge in [0.15, 0.2) is 0 Å². The van der Waals surface area contributed by atoms with Gasteiger partial charge in [-0.15, -0.1) is 11.3 Å². The molecule has 1 N–H and O–H groups in total. The zero-order valence-electron chi connectivity index (χ0n) is 12.9. The van der Waals surface area contributed by atoms with Crippen molar-refractivity contribution in [1.82, 2.24) is 9.88 Å². The molecule has 2 heterocycles. The van der Waals surface area contributed by atoms with Crippen LogP contribution in [-0.4, -0.2) is 40.1 Å². The van der Waals surface area contributed by atoms with E-state index in [0.29, 0.717) is 19.4 Å². The first-order valence-corrected chi connectivity index (χ1v) is 8.75. The molecule has 1 amide bonds. The third-order valence-corrected chi connectivity index (χ3v) is 5.48. The Hall–Kier alpha value is -1.46. The smallest absolute Gasteiger partial charge is 0.222 e. The minimum absolute atomic E-state index is 0.185. The number of rotatable bonds is 4. The van der Waals surface area contributed by atoms with Crippen LogP contribution in [-0.2, 0) is 11.2 Å². The first kappa shape index (κ1) is 15.4. The summed E-state index contributed by atoms with van der Waals surface area (Å²) in [6.07, 6.45) is 2.88. The molecule has 5 heteroatoms. The molecule has 0 aliphatic carbocycles. The van der Waals surface area contributed by atoms with E-state index in [1.807, 2.05) is 30.0 Å². The molecule has 0 saturated carbocycles. The van der Waals surface area contributed by atoms with Gasteiger partial charge in [0.25, 0.3) is 0 Å². The van der Waals surface area contributed by atoms with Gasteiger partial charge in [-0.2, -0.15) is 0 Å². The number of nitrogens with zero attached hydrogens (tertiary/aromatic N) is 2. The molecule has 1 aliphatic rings. The lowest BCUT2D eigenvalue weighted by atomic mass is 9.93. The highest BCUT2D eigenvalue weighted by molar-refractivity contribution is 7.18. The Kier molecular flexibility index (Phi) is 4.74. The summed E-state index contributed by atoms with van der Waals surface area (Å²) in [4.78, 5) is 18.9. The monoisotopic (exact) mass is 318 g/mol. The van der Waals surface area contributed by atoms with E-state index >= 15 is 0 Å². The number of aryl methyl sites for hydroxylation is 1. The van der Waals surface area contributed by atoms with Crippen molar-refractivity contribution in [2.24, 2.45) is 5.92 Å². The Morgan fingerprint density at radius 1 is 1.50 bits per heavy atom. The zero-order valence-corrected chi connectivity index (χ0v) is 13.7. The number of para-hydroxylation sites is 1. The lowest BCUT2D eigenvalue weighted by Crippen LogP contribution is -2.43. The summed E-state index contributed by atoms with van der Waals surface area (Å²) < 4.78 is 1.18. The van der Waals surface area contributed by atoms with Gasteiger partial charge in [0, 0.05) is 31.8 Å². The van der Waals surface area contributed by atoms with Crippen molar-refractivity contribution in [1.29, 1.82) is 0 Å². The molecule has 22 heavy (non-hydrogen) atoms. The second-order valence-electron chi connectivity index (χ2n) is 6.06. The lowest BCUT2D eigenvalue weighted by Gasteiger charge is -2.34. The van der Waals surface area contributed by atoms with E-state index < -0.39 is 0 Å². The number of piperidine rings is 1. The van der Waals surface area contributed by atoms with E-state index in [4.69, 9.17) is 0 Å². The molecule has 3 rings (SSSR count). The van der Waals surface area contributed by atoms with Crippen LogP contribution in [0.25, 0.3) is 10.2 Å². The highest BCUT2D eigenvalue weighted by atomic mass is 32.1. The van der Waals surface area contributed by atoms with Crippen molar-refractivity contribution in [3.05, 3.63) is 29.3 Å². The van der Waals surface area contributed by atoms with Crippen LogP contribution in [0.3, 0.4) is 0 Å². The predicted octanol–water partition coefficient (Wildman–Crippen LogP) is 2.85. The van der Waals surface area contributed by atoms with Gasteiger partial charge < -0.3 is 10.0 Å². The second-order valence-corrected chi connectivity index (χ2v) is 7.17. The topological polar surface area (TPSA) is 53.4 Å². The van der Waals surface area contributed by atoms with Crippen LogP contribution in [0.1, 0.15) is 31.2 Å². The molecule has 0 spiro atoms. The van der Waals surface area contributed by atoms with Crippen molar-refractivity contribution in [3.63, 3.8) is 0 Å². The summed E-state index contributed by atoms with van der Waals surface area (Å²) in [6, 6.07) is 8.07. The van der Waals surface area contributed by atoms with Gasteiger partial charge in [-0.25, -0.2) is 4.98 Å². The number of aromatic nitrogens is 1. The minimum atomic E-state index is -0.333. The molecule has 0 bridgehead atoms. The molecule has 2 atom stereocenters. The molecule has 4 nitrogen and oxygen atoms in total. The summed E-state index contributed by atoms with van der Waals surface area (Å²) >= 11 is 1.67. The summed E-state index contributed by atoms with van der Waals surface area (Å²) in [6.45, 7) is 3.33. The molecule has 2 unspecified atom stereocenters. The molecule has 1 aromatic carbocycles. The van der Waals surface area contributed by atoms with Crippen molar-refractivity contribution >= 4 is 27.5 Å². The summed E-state index contributed by atoms with van der Waals surface area (Å²) in [5.74, 6) is 0.407. The maximum atomic E-state index is 12.4. The van der Waals surface area contributed by atoms with Crippen LogP contribution < -0.4 is 0 Å². The van der Waals surface area contributed by atoms with Gasteiger partial charge in [0.1, 0.15) is 0 Å². The largest absolute Gasteiger partial charge is 0.393 e. The SMILES string of the molecule is CC(O)C1CCCN(C(=O)CCc2nc3ccccc3s2)C1. The Labute approximate surface area is 134 Å². The van der Waals surface area contributed by atoms with E-state index in [-0.39, 0.29) is 17.9 Å². The molecule has 1 aliphatic heterocycles. The van der Waals surface area contributed by atoms with E-state index in [0.717, 1.165) is 29.9 Å². The third kappa shape index (κ3) is 3.47. The summed E-state index contributed by atoms with van der Waals surface area (Å²) in [7, 11) is 0. The molecular formula is C17H22N2O2S. The van der Waals surface area contributed by atoms with Gasteiger partial charge in [-0.05, 0) is 31.9 Å². The van der Waals surface area contributed by atoms with Crippen LogP contribution in [0, 0.1) is 5.92 Å². The van der Waals surface area contributed by atoms with Gasteiger partial charge in [-0.1, -0.05) is 12.1 Å². The predicted molar refractivity (Wildman–Crippen MR) is 88.9 cm³/mol. The molecule has 0 radical (unpaired) electrons. The maximum absolute atomic E-state index is 12.4. The highest BCUT2D eigenvalue weighted by Crippen LogP contribution is 2.24. The highest BCUT2D eigenvalue weighted by Gasteiger charge is 2.26. The van der Waals surface area contributed by atoms with Crippen LogP contribution in [0.4, 0.5) is 0 Å². The number of thiazole rings is 1. The van der Waals surface area contributed by atoms with Crippen LogP contribution in [0.5, 0.6) is 0 Å². The third-order valence-electron chi connectivity index (χ3n) is 4.38. The van der Waals surface area contributed by atoms with Crippen molar-refractivity contribution in [2.45, 2.75) is 38.7 Å². The van der Waals surface area contributed by atoms with Crippen LogP contribution >= 0.6 is 11.3 Å². The average molecular weight is 318 g/mol. The second kappa shape index (κ2) is 6.75. The Morgan fingerprint density at radius 2 is 2.32 bits per heavy atom. The average Bonchev–Trinajstić information content (AvgIpc) is 2.95.